The van der Waals surface area contributed by atoms with Crippen LogP contribution in [0.15, 0.2) is 85.0 Å². The van der Waals surface area contributed by atoms with Crippen LogP contribution < -0.4 is 10.6 Å². The molecule has 0 unspecified atom stereocenters. The summed E-state index contributed by atoms with van der Waals surface area (Å²) in [6.07, 6.45) is 4.09. The van der Waals surface area contributed by atoms with Gasteiger partial charge in [-0.3, -0.25) is 15.0 Å². The molecule has 0 bridgehead atoms. The number of hydrogen-bond donors (Lipinski definition) is 3. The lowest BCUT2D eigenvalue weighted by Gasteiger charge is -2.22. The lowest BCUT2D eigenvalue weighted by Crippen LogP contribution is -2.17. The van der Waals surface area contributed by atoms with Crippen LogP contribution in [0, 0.1) is 13.8 Å². The third-order valence-electron chi connectivity index (χ3n) is 7.55. The Morgan fingerprint density at radius 1 is 0.837 bits per heavy atom. The largest absolute Gasteiger partial charge is 0.371 e. The number of halogens is 1. The van der Waals surface area contributed by atoms with Gasteiger partial charge in [-0.25, -0.2) is 9.37 Å². The van der Waals surface area contributed by atoms with E-state index in [1.165, 1.54) is 0 Å². The number of benzene rings is 2. The molecule has 0 aliphatic carbocycles. The summed E-state index contributed by atoms with van der Waals surface area (Å²) in [7, 11) is 0. The van der Waals surface area contributed by atoms with Gasteiger partial charge in [-0.05, 0) is 92.6 Å². The van der Waals surface area contributed by atoms with Crippen molar-refractivity contribution in [2.45, 2.75) is 33.3 Å². The van der Waals surface area contributed by atoms with Gasteiger partial charge in [0.05, 0.1) is 41.1 Å². The quantitative estimate of drug-likeness (QED) is 0.185. The number of aromatic amines is 1. The molecular weight excluding hydrogens is 541 g/mol. The molecule has 1 aliphatic heterocycles. The molecule has 43 heavy (non-hydrogen) atoms. The fourth-order valence-corrected chi connectivity index (χ4v) is 5.45. The minimum absolute atomic E-state index is 0.0123. The molecule has 0 fully saturated rings. The van der Waals surface area contributed by atoms with Crippen molar-refractivity contribution >= 4 is 50.3 Å². The third-order valence-corrected chi connectivity index (χ3v) is 7.55. The number of rotatable bonds is 6. The van der Waals surface area contributed by atoms with Gasteiger partial charge in [-0.1, -0.05) is 6.07 Å². The van der Waals surface area contributed by atoms with Crippen molar-refractivity contribution in [3.63, 3.8) is 0 Å². The highest BCUT2D eigenvalue weighted by molar-refractivity contribution is 5.95. The van der Waals surface area contributed by atoms with Crippen LogP contribution in [0.25, 0.3) is 39.0 Å². The maximum Gasteiger partial charge on any atom is 0.157 e. The fourth-order valence-electron chi connectivity index (χ4n) is 5.45. The zero-order valence-corrected chi connectivity index (χ0v) is 24.1. The molecule has 8 nitrogen and oxygen atoms in total. The van der Waals surface area contributed by atoms with E-state index in [0.29, 0.717) is 17.8 Å². The van der Waals surface area contributed by atoms with Crippen LogP contribution in [0.4, 0.5) is 27.1 Å². The van der Waals surface area contributed by atoms with E-state index in [0.717, 1.165) is 67.3 Å². The van der Waals surface area contributed by atoms with Crippen LogP contribution in [0.2, 0.25) is 0 Å². The van der Waals surface area contributed by atoms with Gasteiger partial charge in [-0.15, -0.1) is 0 Å². The number of hydrogen-bond acceptors (Lipinski definition) is 7. The number of fused-ring (bicyclic) bond motifs is 2. The summed E-state index contributed by atoms with van der Waals surface area (Å²) in [5.41, 5.74) is 10.4. The summed E-state index contributed by atoms with van der Waals surface area (Å²) >= 11 is 0. The highest BCUT2D eigenvalue weighted by Crippen LogP contribution is 2.34. The van der Waals surface area contributed by atoms with Crippen LogP contribution in [-0.4, -0.2) is 37.6 Å². The first-order chi connectivity index (χ1) is 20.9. The van der Waals surface area contributed by atoms with Crippen LogP contribution >= 0.6 is 0 Å². The van der Waals surface area contributed by atoms with Gasteiger partial charge in [0.15, 0.2) is 5.82 Å². The van der Waals surface area contributed by atoms with Crippen LogP contribution in [0.3, 0.4) is 0 Å². The van der Waals surface area contributed by atoms with Crippen molar-refractivity contribution in [3.8, 4) is 11.5 Å². The average Bonchev–Trinajstić information content (AvgIpc) is 3.42. The Morgan fingerprint density at radius 2 is 1.67 bits per heavy atom. The number of ether oxygens (including phenoxy) is 1. The number of imidazole rings is 1. The summed E-state index contributed by atoms with van der Waals surface area (Å²) in [6, 6.07) is 21.8. The Kier molecular flexibility index (Phi) is 6.79. The van der Waals surface area contributed by atoms with Crippen molar-refractivity contribution in [1.82, 2.24) is 24.9 Å². The highest BCUT2D eigenvalue weighted by atomic mass is 19.1. The normalized spacial score (nSPS) is 15.3. The first kappa shape index (κ1) is 26.7. The lowest BCUT2D eigenvalue weighted by molar-refractivity contribution is 0.0675. The number of H-pyrrole nitrogens is 1. The monoisotopic (exact) mass is 571 g/mol. The number of aromatic nitrogens is 5. The molecule has 9 heteroatoms. The Hall–Kier alpha value is -5.15. The van der Waals surface area contributed by atoms with Gasteiger partial charge >= 0.3 is 0 Å². The van der Waals surface area contributed by atoms with E-state index in [1.807, 2.05) is 87.5 Å². The summed E-state index contributed by atoms with van der Waals surface area (Å²) < 4.78 is 20.1. The Bertz CT molecular complexity index is 2020. The molecule has 4 aromatic heterocycles. The molecule has 6 aromatic rings. The second kappa shape index (κ2) is 10.9. The van der Waals surface area contributed by atoms with E-state index in [-0.39, 0.29) is 18.5 Å². The van der Waals surface area contributed by atoms with Gasteiger partial charge in [-0.2, -0.15) is 0 Å². The molecule has 1 atom stereocenters. The molecule has 1 aliphatic rings. The standard InChI is InChI=1S/C34H30FN7O/c1-19-12-24(10-11-36-19)39-23-5-8-30-33(16-23)42-34(41-30)31-9-6-25(17-37-31)40-32-13-20(2)38-29-7-4-22(15-27(29)32)26-14-21(3)43-18-28(26)35/h4-13,15-17,21H,14,18H2,1-3H3,(H,36,39)(H,38,40)(H,41,42)/t21-/m1/s1. The zero-order chi connectivity index (χ0) is 29.5. The highest BCUT2D eigenvalue weighted by Gasteiger charge is 2.20. The first-order valence-corrected chi connectivity index (χ1v) is 14.2. The van der Waals surface area contributed by atoms with Gasteiger partial charge in [0.2, 0.25) is 0 Å². The molecule has 5 heterocycles. The topological polar surface area (TPSA) is 101 Å². The van der Waals surface area contributed by atoms with E-state index in [2.05, 4.69) is 25.6 Å². The van der Waals surface area contributed by atoms with E-state index in [9.17, 15) is 4.39 Å². The zero-order valence-electron chi connectivity index (χ0n) is 24.1. The van der Waals surface area contributed by atoms with Crippen molar-refractivity contribution in [2.75, 3.05) is 17.2 Å². The molecule has 214 valence electrons. The third kappa shape index (κ3) is 5.54. The van der Waals surface area contributed by atoms with Crippen molar-refractivity contribution in [1.29, 1.82) is 0 Å². The molecule has 7 rings (SSSR count). The summed E-state index contributed by atoms with van der Waals surface area (Å²) in [4.78, 5) is 21.8. The number of nitrogens with zero attached hydrogens (tertiary/aromatic N) is 4. The molecule has 3 N–H and O–H groups in total. The molecule has 0 saturated heterocycles. The second-order valence-electron chi connectivity index (χ2n) is 10.9. The predicted octanol–water partition coefficient (Wildman–Crippen LogP) is 8.16. The summed E-state index contributed by atoms with van der Waals surface area (Å²) in [6.45, 7) is 5.91. The number of aryl methyl sites for hydroxylation is 2. The molecule has 0 radical (unpaired) electrons. The minimum atomic E-state index is -0.214. The Labute approximate surface area is 248 Å². The predicted molar refractivity (Wildman–Crippen MR) is 169 cm³/mol. The fraction of sp³-hybridized carbons (Fsp3) is 0.176. The van der Waals surface area contributed by atoms with Crippen molar-refractivity contribution in [3.05, 3.63) is 102 Å². The second-order valence-corrected chi connectivity index (χ2v) is 10.9. The maximum atomic E-state index is 14.7. The minimum Gasteiger partial charge on any atom is -0.371 e. The Balaban J connectivity index is 1.14. The van der Waals surface area contributed by atoms with E-state index in [1.54, 1.807) is 12.4 Å². The SMILES string of the molecule is Cc1cc(Nc2ccc3nc(-c4ccc(Nc5cc(C)nc6ccc(C7=C(F)CO[C@H](C)C7)cc56)cn4)[nH]c3c2)ccn1. The molecular formula is C34H30FN7O. The van der Waals surface area contributed by atoms with E-state index in [4.69, 9.17) is 14.7 Å². The number of anilines is 4. The van der Waals surface area contributed by atoms with Crippen molar-refractivity contribution < 1.29 is 9.13 Å². The van der Waals surface area contributed by atoms with Crippen LogP contribution in [0.1, 0.15) is 30.3 Å². The van der Waals surface area contributed by atoms with Gasteiger partial charge in [0, 0.05) is 46.5 Å². The summed E-state index contributed by atoms with van der Waals surface area (Å²) in [5.74, 6) is 0.475. The molecule has 2 aromatic carbocycles. The number of pyridine rings is 3. The average molecular weight is 572 g/mol. The molecule has 0 spiro atoms. The van der Waals surface area contributed by atoms with Crippen molar-refractivity contribution in [2.24, 2.45) is 0 Å². The molecule has 0 amide bonds. The number of nitrogens with one attached hydrogen (secondary N) is 3. The van der Waals surface area contributed by atoms with E-state index >= 15 is 0 Å². The van der Waals surface area contributed by atoms with Gasteiger partial charge in [0.1, 0.15) is 11.5 Å². The maximum absolute atomic E-state index is 14.7. The first-order valence-electron chi connectivity index (χ1n) is 14.2. The smallest absolute Gasteiger partial charge is 0.157 e. The molecule has 0 saturated carbocycles. The van der Waals surface area contributed by atoms with Gasteiger partial charge < -0.3 is 20.4 Å². The lowest BCUT2D eigenvalue weighted by atomic mass is 9.96. The Morgan fingerprint density at radius 3 is 2.51 bits per heavy atom. The van der Waals surface area contributed by atoms with Crippen LogP contribution in [0.5, 0.6) is 0 Å². The van der Waals surface area contributed by atoms with Gasteiger partial charge in [0.25, 0.3) is 0 Å². The van der Waals surface area contributed by atoms with E-state index < -0.39 is 0 Å². The van der Waals surface area contributed by atoms with Crippen LogP contribution in [-0.2, 0) is 4.74 Å². The summed E-state index contributed by atoms with van der Waals surface area (Å²) in [5, 5.41) is 7.83.